The van der Waals surface area contributed by atoms with Crippen molar-refractivity contribution < 1.29 is 4.39 Å². The molecule has 0 aliphatic carbocycles. The average molecular weight is 249 g/mol. The molecule has 88 valence electrons. The number of hydrogen-bond donors (Lipinski definition) is 1. The Morgan fingerprint density at radius 1 is 1.53 bits per heavy atom. The number of aromatic nitrogens is 2. The van der Waals surface area contributed by atoms with Crippen molar-refractivity contribution in [3.05, 3.63) is 53.4 Å². The number of halogens is 1. The summed E-state index contributed by atoms with van der Waals surface area (Å²) in [6, 6.07) is 4.71. The standard InChI is InChI=1S/C12H12FN3S/c1-8-2-3-10(13)6-9(8)7-16-5-4-15-12(16)11(14)17/h2-6H,7H2,1H3,(H2,14,17). The van der Waals surface area contributed by atoms with E-state index in [4.69, 9.17) is 18.0 Å². The SMILES string of the molecule is Cc1ccc(F)cc1Cn1ccnc1C(N)=S. The Morgan fingerprint density at radius 3 is 3.00 bits per heavy atom. The molecule has 2 rings (SSSR count). The minimum Gasteiger partial charge on any atom is -0.387 e. The smallest absolute Gasteiger partial charge is 0.167 e. The summed E-state index contributed by atoms with van der Waals surface area (Å²) in [5.41, 5.74) is 7.47. The van der Waals surface area contributed by atoms with Gasteiger partial charge in [0.15, 0.2) is 5.82 Å². The zero-order chi connectivity index (χ0) is 12.4. The zero-order valence-corrected chi connectivity index (χ0v) is 10.2. The second-order valence-corrected chi connectivity index (χ2v) is 4.25. The van der Waals surface area contributed by atoms with Crippen LogP contribution in [0.3, 0.4) is 0 Å². The molecule has 0 atom stereocenters. The van der Waals surface area contributed by atoms with Crippen molar-refractivity contribution in [2.75, 3.05) is 0 Å². The van der Waals surface area contributed by atoms with Gasteiger partial charge in [0.25, 0.3) is 0 Å². The van der Waals surface area contributed by atoms with Crippen molar-refractivity contribution in [3.8, 4) is 0 Å². The van der Waals surface area contributed by atoms with Crippen LogP contribution in [-0.2, 0) is 6.54 Å². The molecule has 1 aromatic heterocycles. The average Bonchev–Trinajstić information content (AvgIpc) is 2.71. The lowest BCUT2D eigenvalue weighted by atomic mass is 10.1. The molecule has 3 nitrogen and oxygen atoms in total. The Balaban J connectivity index is 2.34. The monoisotopic (exact) mass is 249 g/mol. The summed E-state index contributed by atoms with van der Waals surface area (Å²) < 4.78 is 15.0. The lowest BCUT2D eigenvalue weighted by Crippen LogP contribution is -2.17. The van der Waals surface area contributed by atoms with Crippen LogP contribution in [0, 0.1) is 12.7 Å². The number of nitrogens with zero attached hydrogens (tertiary/aromatic N) is 2. The topological polar surface area (TPSA) is 43.8 Å². The zero-order valence-electron chi connectivity index (χ0n) is 9.35. The van der Waals surface area contributed by atoms with Crippen LogP contribution in [-0.4, -0.2) is 14.5 Å². The quantitative estimate of drug-likeness (QED) is 0.846. The summed E-state index contributed by atoms with van der Waals surface area (Å²) in [5.74, 6) is 0.297. The number of hydrogen-bond acceptors (Lipinski definition) is 2. The Hall–Kier alpha value is -1.75. The first kappa shape index (κ1) is 11.7. The van der Waals surface area contributed by atoms with Crippen LogP contribution in [0.2, 0.25) is 0 Å². The van der Waals surface area contributed by atoms with Crippen LogP contribution in [0.15, 0.2) is 30.6 Å². The molecule has 17 heavy (non-hydrogen) atoms. The fraction of sp³-hybridized carbons (Fsp3) is 0.167. The number of imidazole rings is 1. The molecular weight excluding hydrogens is 237 g/mol. The fourth-order valence-electron chi connectivity index (χ4n) is 1.66. The minimum atomic E-state index is -0.248. The van der Waals surface area contributed by atoms with Crippen LogP contribution >= 0.6 is 12.2 Å². The number of aryl methyl sites for hydroxylation is 1. The van der Waals surface area contributed by atoms with E-state index < -0.39 is 0 Å². The van der Waals surface area contributed by atoms with Gasteiger partial charge in [-0.15, -0.1) is 0 Å². The van der Waals surface area contributed by atoms with Gasteiger partial charge in [-0.1, -0.05) is 18.3 Å². The van der Waals surface area contributed by atoms with Crippen molar-refractivity contribution in [3.63, 3.8) is 0 Å². The lowest BCUT2D eigenvalue weighted by Gasteiger charge is -2.09. The van der Waals surface area contributed by atoms with E-state index in [1.165, 1.54) is 12.1 Å². The predicted octanol–water partition coefficient (Wildman–Crippen LogP) is 2.01. The molecule has 0 fully saturated rings. The van der Waals surface area contributed by atoms with Gasteiger partial charge in [-0.2, -0.15) is 0 Å². The molecule has 2 N–H and O–H groups in total. The maximum absolute atomic E-state index is 13.2. The first-order valence-electron chi connectivity index (χ1n) is 5.14. The van der Waals surface area contributed by atoms with Crippen molar-refractivity contribution >= 4 is 17.2 Å². The highest BCUT2D eigenvalue weighted by molar-refractivity contribution is 7.80. The van der Waals surface area contributed by atoms with Gasteiger partial charge in [0.1, 0.15) is 10.8 Å². The van der Waals surface area contributed by atoms with Gasteiger partial charge in [0.05, 0.1) is 0 Å². The van der Waals surface area contributed by atoms with Crippen molar-refractivity contribution in [1.82, 2.24) is 9.55 Å². The van der Waals surface area contributed by atoms with Crippen LogP contribution in [0.25, 0.3) is 0 Å². The van der Waals surface area contributed by atoms with Crippen molar-refractivity contribution in [2.24, 2.45) is 5.73 Å². The van der Waals surface area contributed by atoms with Crippen LogP contribution in [0.4, 0.5) is 4.39 Å². The Morgan fingerprint density at radius 2 is 2.29 bits per heavy atom. The van der Waals surface area contributed by atoms with E-state index in [-0.39, 0.29) is 10.8 Å². The molecular formula is C12H12FN3S. The third kappa shape index (κ3) is 2.50. The molecule has 0 bridgehead atoms. The summed E-state index contributed by atoms with van der Waals surface area (Å²) in [7, 11) is 0. The molecule has 0 unspecified atom stereocenters. The normalized spacial score (nSPS) is 10.5. The van der Waals surface area contributed by atoms with E-state index >= 15 is 0 Å². The summed E-state index contributed by atoms with van der Waals surface area (Å²) in [6.45, 7) is 2.45. The Labute approximate surface area is 104 Å². The summed E-state index contributed by atoms with van der Waals surface area (Å²) in [5, 5.41) is 0. The maximum Gasteiger partial charge on any atom is 0.167 e. The van der Waals surface area contributed by atoms with E-state index in [0.717, 1.165) is 11.1 Å². The highest BCUT2D eigenvalue weighted by Crippen LogP contribution is 2.13. The first-order chi connectivity index (χ1) is 8.08. The summed E-state index contributed by atoms with van der Waals surface area (Å²) in [4.78, 5) is 4.31. The van der Waals surface area contributed by atoms with Gasteiger partial charge in [-0.05, 0) is 30.2 Å². The predicted molar refractivity (Wildman–Crippen MR) is 68.4 cm³/mol. The number of rotatable bonds is 3. The second kappa shape index (κ2) is 4.63. The van der Waals surface area contributed by atoms with Crippen LogP contribution < -0.4 is 5.73 Å². The third-order valence-corrected chi connectivity index (χ3v) is 2.77. The Kier molecular flexibility index (Phi) is 3.19. The molecule has 1 aromatic carbocycles. The summed E-state index contributed by atoms with van der Waals surface area (Å²) >= 11 is 4.90. The second-order valence-electron chi connectivity index (χ2n) is 3.81. The molecule has 0 saturated carbocycles. The molecule has 0 aliphatic rings. The highest BCUT2D eigenvalue weighted by Gasteiger charge is 2.07. The molecule has 0 amide bonds. The van der Waals surface area contributed by atoms with Gasteiger partial charge in [0.2, 0.25) is 0 Å². The van der Waals surface area contributed by atoms with Gasteiger partial charge < -0.3 is 10.3 Å². The van der Waals surface area contributed by atoms with Gasteiger partial charge in [-0.25, -0.2) is 9.37 Å². The largest absolute Gasteiger partial charge is 0.387 e. The maximum atomic E-state index is 13.2. The van der Waals surface area contributed by atoms with E-state index in [9.17, 15) is 4.39 Å². The van der Waals surface area contributed by atoms with Crippen molar-refractivity contribution in [1.29, 1.82) is 0 Å². The number of nitrogens with two attached hydrogens (primary N) is 1. The third-order valence-electron chi connectivity index (χ3n) is 2.59. The van der Waals surface area contributed by atoms with Gasteiger partial charge in [-0.3, -0.25) is 0 Å². The number of thiocarbonyl (C=S) groups is 1. The molecule has 5 heteroatoms. The molecule has 0 radical (unpaired) electrons. The summed E-state index contributed by atoms with van der Waals surface area (Å²) in [6.07, 6.45) is 3.40. The molecule has 1 heterocycles. The first-order valence-corrected chi connectivity index (χ1v) is 5.54. The van der Waals surface area contributed by atoms with E-state index in [0.29, 0.717) is 12.4 Å². The van der Waals surface area contributed by atoms with Crippen molar-refractivity contribution in [2.45, 2.75) is 13.5 Å². The molecule has 0 aliphatic heterocycles. The Bertz CT molecular complexity index is 563. The highest BCUT2D eigenvalue weighted by atomic mass is 32.1. The van der Waals surface area contributed by atoms with Crippen LogP contribution in [0.5, 0.6) is 0 Å². The number of benzene rings is 1. The van der Waals surface area contributed by atoms with Gasteiger partial charge in [0, 0.05) is 18.9 Å². The lowest BCUT2D eigenvalue weighted by molar-refractivity contribution is 0.622. The van der Waals surface area contributed by atoms with E-state index in [1.807, 2.05) is 11.5 Å². The molecule has 0 saturated heterocycles. The van der Waals surface area contributed by atoms with Crippen LogP contribution in [0.1, 0.15) is 17.0 Å². The van der Waals surface area contributed by atoms with E-state index in [1.54, 1.807) is 18.5 Å². The molecule has 2 aromatic rings. The van der Waals surface area contributed by atoms with Gasteiger partial charge >= 0.3 is 0 Å². The van der Waals surface area contributed by atoms with E-state index in [2.05, 4.69) is 4.98 Å². The fourth-order valence-corrected chi connectivity index (χ4v) is 1.83. The molecule has 0 spiro atoms. The minimum absolute atomic E-state index is 0.240.